The Hall–Kier alpha value is -1.40. The van der Waals surface area contributed by atoms with Gasteiger partial charge in [0.15, 0.2) is 6.10 Å². The number of amides is 1. The molecule has 3 heterocycles. The molecule has 1 aromatic rings. The molecule has 2 aliphatic heterocycles. The van der Waals surface area contributed by atoms with Crippen LogP contribution < -0.4 is 10.6 Å². The van der Waals surface area contributed by atoms with E-state index in [1.807, 2.05) is 20.0 Å². The summed E-state index contributed by atoms with van der Waals surface area (Å²) in [6, 6.07) is 0.124. The van der Waals surface area contributed by atoms with Gasteiger partial charge < -0.3 is 19.9 Å². The van der Waals surface area contributed by atoms with Gasteiger partial charge in [0.05, 0.1) is 6.54 Å². The summed E-state index contributed by atoms with van der Waals surface area (Å²) in [4.78, 5) is 16.7. The van der Waals surface area contributed by atoms with Gasteiger partial charge in [0.1, 0.15) is 11.4 Å². The summed E-state index contributed by atoms with van der Waals surface area (Å²) in [5.74, 6) is 0.935. The third-order valence-electron chi connectivity index (χ3n) is 3.99. The number of imidazole rings is 1. The lowest BCUT2D eigenvalue weighted by Gasteiger charge is -2.43. The van der Waals surface area contributed by atoms with Crippen molar-refractivity contribution in [1.29, 1.82) is 0 Å². The van der Waals surface area contributed by atoms with Gasteiger partial charge in [-0.1, -0.05) is 0 Å². The summed E-state index contributed by atoms with van der Waals surface area (Å²) in [7, 11) is 0. The van der Waals surface area contributed by atoms with Crippen molar-refractivity contribution in [2.45, 2.75) is 51.0 Å². The van der Waals surface area contributed by atoms with E-state index in [1.165, 1.54) is 0 Å². The Bertz CT molecular complexity index is 491. The zero-order valence-corrected chi connectivity index (χ0v) is 12.1. The summed E-state index contributed by atoms with van der Waals surface area (Å²) in [6.07, 6.45) is 5.02. The van der Waals surface area contributed by atoms with Crippen LogP contribution in [0.25, 0.3) is 0 Å². The molecule has 1 atom stereocenters. The quantitative estimate of drug-likeness (QED) is 0.821. The normalized spacial score (nSPS) is 24.6. The van der Waals surface area contributed by atoms with Crippen LogP contribution in [-0.4, -0.2) is 40.7 Å². The van der Waals surface area contributed by atoms with Crippen LogP contribution in [0.3, 0.4) is 0 Å². The van der Waals surface area contributed by atoms with E-state index >= 15 is 0 Å². The van der Waals surface area contributed by atoms with Crippen LogP contribution in [-0.2, 0) is 21.7 Å². The molecule has 1 fully saturated rings. The molecule has 0 bridgehead atoms. The fourth-order valence-corrected chi connectivity index (χ4v) is 3.08. The van der Waals surface area contributed by atoms with Crippen molar-refractivity contribution in [3.63, 3.8) is 0 Å². The molecule has 0 aromatic carbocycles. The van der Waals surface area contributed by atoms with Crippen molar-refractivity contribution in [3.05, 3.63) is 18.2 Å². The average Bonchev–Trinajstić information content (AvgIpc) is 2.88. The maximum absolute atomic E-state index is 12.3. The number of nitrogens with zero attached hydrogens (tertiary/aromatic N) is 2. The van der Waals surface area contributed by atoms with Gasteiger partial charge in [0, 0.05) is 18.4 Å². The highest BCUT2D eigenvalue weighted by molar-refractivity contribution is 5.81. The molecule has 6 nitrogen and oxygen atoms in total. The first-order valence-electron chi connectivity index (χ1n) is 7.31. The second kappa shape index (κ2) is 5.18. The molecule has 0 unspecified atom stereocenters. The van der Waals surface area contributed by atoms with E-state index in [9.17, 15) is 4.79 Å². The largest absolute Gasteiger partial charge is 0.352 e. The average molecular weight is 278 g/mol. The van der Waals surface area contributed by atoms with Gasteiger partial charge in [-0.05, 0) is 39.8 Å². The number of hydrogen-bond donors (Lipinski definition) is 2. The number of fused-ring (bicyclic) bond motifs is 2. The summed E-state index contributed by atoms with van der Waals surface area (Å²) in [6.45, 7) is 6.26. The molecule has 1 saturated heterocycles. The monoisotopic (exact) mass is 278 g/mol. The number of carbonyl (C=O) groups is 1. The summed E-state index contributed by atoms with van der Waals surface area (Å²) in [5, 5.41) is 6.28. The third-order valence-corrected chi connectivity index (χ3v) is 3.99. The SMILES string of the molecule is CC(C)NC(=O)[C@@H]1Cn2ccnc2C2(CCNCC2)O1. The molecule has 0 saturated carbocycles. The predicted octanol–water partition coefficient (Wildman–Crippen LogP) is 0.385. The smallest absolute Gasteiger partial charge is 0.251 e. The van der Waals surface area contributed by atoms with E-state index in [0.717, 1.165) is 31.8 Å². The minimum atomic E-state index is -0.433. The van der Waals surface area contributed by atoms with Crippen LogP contribution in [0.5, 0.6) is 0 Å². The minimum Gasteiger partial charge on any atom is -0.352 e. The number of piperidine rings is 1. The molecule has 2 N–H and O–H groups in total. The van der Waals surface area contributed by atoms with E-state index in [2.05, 4.69) is 20.2 Å². The van der Waals surface area contributed by atoms with E-state index in [0.29, 0.717) is 6.54 Å². The highest BCUT2D eigenvalue weighted by Crippen LogP contribution is 2.38. The van der Waals surface area contributed by atoms with Crippen molar-refractivity contribution in [1.82, 2.24) is 20.2 Å². The lowest BCUT2D eigenvalue weighted by molar-refractivity contribution is -0.168. The van der Waals surface area contributed by atoms with Crippen LogP contribution in [0.2, 0.25) is 0 Å². The summed E-state index contributed by atoms with van der Waals surface area (Å²) >= 11 is 0. The van der Waals surface area contributed by atoms with Gasteiger partial charge in [0.2, 0.25) is 0 Å². The zero-order chi connectivity index (χ0) is 14.2. The molecule has 20 heavy (non-hydrogen) atoms. The molecular formula is C14H22N4O2. The number of aromatic nitrogens is 2. The maximum atomic E-state index is 12.3. The first kappa shape index (κ1) is 13.6. The minimum absolute atomic E-state index is 0.0303. The first-order chi connectivity index (χ1) is 9.61. The number of rotatable bonds is 2. The van der Waals surface area contributed by atoms with Gasteiger partial charge in [-0.3, -0.25) is 4.79 Å². The predicted molar refractivity (Wildman–Crippen MR) is 74.2 cm³/mol. The Kier molecular flexibility index (Phi) is 3.52. The van der Waals surface area contributed by atoms with Gasteiger partial charge in [-0.25, -0.2) is 4.98 Å². The molecule has 2 aliphatic rings. The molecule has 1 spiro atoms. The second-order valence-corrected chi connectivity index (χ2v) is 5.92. The van der Waals surface area contributed by atoms with E-state index in [1.54, 1.807) is 6.20 Å². The molecule has 110 valence electrons. The first-order valence-corrected chi connectivity index (χ1v) is 7.31. The summed E-state index contributed by atoms with van der Waals surface area (Å²) in [5.41, 5.74) is -0.411. The van der Waals surface area contributed by atoms with Gasteiger partial charge >= 0.3 is 0 Å². The highest BCUT2D eigenvalue weighted by Gasteiger charge is 2.45. The Balaban J connectivity index is 1.86. The number of nitrogens with one attached hydrogen (secondary N) is 2. The van der Waals surface area contributed by atoms with Crippen LogP contribution in [0.1, 0.15) is 32.5 Å². The van der Waals surface area contributed by atoms with Crippen LogP contribution in [0.4, 0.5) is 0 Å². The molecule has 0 aliphatic carbocycles. The Morgan fingerprint density at radius 1 is 1.55 bits per heavy atom. The molecule has 3 rings (SSSR count). The Morgan fingerprint density at radius 3 is 3.00 bits per heavy atom. The van der Waals surface area contributed by atoms with Gasteiger partial charge in [-0.15, -0.1) is 0 Å². The maximum Gasteiger partial charge on any atom is 0.251 e. The Morgan fingerprint density at radius 2 is 2.30 bits per heavy atom. The molecule has 6 heteroatoms. The van der Waals surface area contributed by atoms with Crippen molar-refractivity contribution in [2.24, 2.45) is 0 Å². The van der Waals surface area contributed by atoms with Crippen molar-refractivity contribution < 1.29 is 9.53 Å². The van der Waals surface area contributed by atoms with E-state index in [-0.39, 0.29) is 11.9 Å². The fraction of sp³-hybridized carbons (Fsp3) is 0.714. The van der Waals surface area contributed by atoms with Crippen molar-refractivity contribution in [2.75, 3.05) is 13.1 Å². The lowest BCUT2D eigenvalue weighted by Crippen LogP contribution is -2.54. The zero-order valence-electron chi connectivity index (χ0n) is 12.1. The third kappa shape index (κ3) is 2.33. The Labute approximate surface area is 118 Å². The van der Waals surface area contributed by atoms with Crippen LogP contribution >= 0.6 is 0 Å². The second-order valence-electron chi connectivity index (χ2n) is 5.92. The fourth-order valence-electron chi connectivity index (χ4n) is 3.08. The number of carbonyl (C=O) groups excluding carboxylic acids is 1. The molecular weight excluding hydrogens is 256 g/mol. The van der Waals surface area contributed by atoms with Gasteiger partial charge in [-0.2, -0.15) is 0 Å². The number of hydrogen-bond acceptors (Lipinski definition) is 4. The molecule has 1 amide bonds. The van der Waals surface area contributed by atoms with E-state index < -0.39 is 11.7 Å². The topological polar surface area (TPSA) is 68.2 Å². The van der Waals surface area contributed by atoms with Crippen molar-refractivity contribution in [3.8, 4) is 0 Å². The molecule has 0 radical (unpaired) electrons. The van der Waals surface area contributed by atoms with Gasteiger partial charge in [0.25, 0.3) is 5.91 Å². The lowest BCUT2D eigenvalue weighted by atomic mass is 9.89. The molecule has 1 aromatic heterocycles. The highest BCUT2D eigenvalue weighted by atomic mass is 16.5. The van der Waals surface area contributed by atoms with Crippen LogP contribution in [0, 0.1) is 0 Å². The van der Waals surface area contributed by atoms with E-state index in [4.69, 9.17) is 4.74 Å². The van der Waals surface area contributed by atoms with Crippen molar-refractivity contribution >= 4 is 5.91 Å². The summed E-state index contributed by atoms with van der Waals surface area (Å²) < 4.78 is 8.30. The number of ether oxygens (including phenoxy) is 1. The standard InChI is InChI=1S/C14H22N4O2/c1-10(2)17-12(19)11-9-18-8-7-16-13(18)14(20-11)3-5-15-6-4-14/h7-8,10-11,15H,3-6,9H2,1-2H3,(H,17,19)/t11-/m0/s1. The van der Waals surface area contributed by atoms with Crippen LogP contribution in [0.15, 0.2) is 12.4 Å².